The van der Waals surface area contributed by atoms with E-state index in [2.05, 4.69) is 6.58 Å². The molecule has 0 spiro atoms. The predicted octanol–water partition coefficient (Wildman–Crippen LogP) is 5.06. The first-order chi connectivity index (χ1) is 13.1. The smallest absolute Gasteiger partial charge is 0.270 e. The summed E-state index contributed by atoms with van der Waals surface area (Å²) < 4.78 is 11.4. The number of anilines is 1. The van der Waals surface area contributed by atoms with Gasteiger partial charge in [-0.15, -0.1) is 0 Å². The van der Waals surface area contributed by atoms with Gasteiger partial charge in [-0.2, -0.15) is 0 Å². The molecule has 3 rings (SSSR count). The molecule has 0 unspecified atom stereocenters. The van der Waals surface area contributed by atoms with Crippen molar-refractivity contribution in [1.82, 2.24) is 0 Å². The van der Waals surface area contributed by atoms with Crippen molar-refractivity contribution in [2.75, 3.05) is 18.1 Å². The second kappa shape index (κ2) is 8.88. The Hall–Kier alpha value is -2.57. The molecule has 1 amide bonds. The number of nitrogens with zero attached hydrogens (tertiary/aromatic N) is 1. The third kappa shape index (κ3) is 4.59. The Balaban J connectivity index is 1.76. The summed E-state index contributed by atoms with van der Waals surface area (Å²) in [5.74, 6) is 1.40. The van der Waals surface area contributed by atoms with E-state index in [1.54, 1.807) is 11.0 Å². The maximum atomic E-state index is 12.8. The molecule has 0 atom stereocenters. The third-order valence-electron chi connectivity index (χ3n) is 3.75. The predicted molar refractivity (Wildman–Crippen MR) is 115 cm³/mol. The van der Waals surface area contributed by atoms with Crippen LogP contribution in [0.1, 0.15) is 12.5 Å². The van der Waals surface area contributed by atoms with Gasteiger partial charge in [-0.3, -0.25) is 9.69 Å². The highest BCUT2D eigenvalue weighted by atomic mass is 32.2. The van der Waals surface area contributed by atoms with E-state index in [0.29, 0.717) is 22.4 Å². The van der Waals surface area contributed by atoms with Crippen LogP contribution in [-0.2, 0) is 4.79 Å². The third-order valence-corrected chi connectivity index (χ3v) is 5.05. The number of carbonyl (C=O) groups is 1. The normalized spacial score (nSPS) is 15.3. The molecule has 1 fully saturated rings. The largest absolute Gasteiger partial charge is 0.494 e. The molecule has 0 aliphatic carbocycles. The van der Waals surface area contributed by atoms with Gasteiger partial charge in [0.05, 0.1) is 17.2 Å². The molecule has 2 aromatic carbocycles. The number of carbonyl (C=O) groups excluding carboxylic acids is 1. The summed E-state index contributed by atoms with van der Waals surface area (Å²) in [5.41, 5.74) is 1.64. The van der Waals surface area contributed by atoms with Crippen LogP contribution in [-0.4, -0.2) is 23.4 Å². The summed E-state index contributed by atoms with van der Waals surface area (Å²) >= 11 is 6.71. The molecule has 1 aliphatic rings. The van der Waals surface area contributed by atoms with Gasteiger partial charge >= 0.3 is 0 Å². The zero-order valence-corrected chi connectivity index (χ0v) is 16.5. The number of rotatable bonds is 7. The SMILES string of the molecule is C=CCOc1ccc(/C=C2\SC(=S)N(c3ccc(OCC)cc3)C2=O)cc1. The zero-order valence-electron chi connectivity index (χ0n) is 14.9. The standard InChI is InChI=1S/C21H19NO3S2/c1-3-13-25-18-9-5-15(6-10-18)14-19-20(23)22(21(26)27-19)16-7-11-17(12-8-16)24-4-2/h3,5-12,14H,1,4,13H2,2H3/b19-14-. The molecule has 0 N–H and O–H groups in total. The van der Waals surface area contributed by atoms with Crippen molar-refractivity contribution in [3.8, 4) is 11.5 Å². The van der Waals surface area contributed by atoms with E-state index >= 15 is 0 Å². The van der Waals surface area contributed by atoms with Gasteiger partial charge in [-0.05, 0) is 55.0 Å². The Morgan fingerprint density at radius 2 is 1.70 bits per heavy atom. The van der Waals surface area contributed by atoms with Crippen LogP contribution in [0.5, 0.6) is 11.5 Å². The van der Waals surface area contributed by atoms with E-state index in [1.807, 2.05) is 61.5 Å². The van der Waals surface area contributed by atoms with Crippen molar-refractivity contribution in [3.05, 3.63) is 71.7 Å². The maximum Gasteiger partial charge on any atom is 0.270 e. The molecule has 1 aliphatic heterocycles. The lowest BCUT2D eigenvalue weighted by Gasteiger charge is -2.15. The summed E-state index contributed by atoms with van der Waals surface area (Å²) in [7, 11) is 0. The molecule has 0 bridgehead atoms. The fourth-order valence-electron chi connectivity index (χ4n) is 2.52. The van der Waals surface area contributed by atoms with Gasteiger partial charge in [-0.25, -0.2) is 0 Å². The van der Waals surface area contributed by atoms with Crippen molar-refractivity contribution in [2.24, 2.45) is 0 Å². The minimum atomic E-state index is -0.124. The molecule has 0 aromatic heterocycles. The van der Waals surface area contributed by atoms with Gasteiger partial charge in [0.2, 0.25) is 0 Å². The fourth-order valence-corrected chi connectivity index (χ4v) is 3.81. The Morgan fingerprint density at radius 1 is 1.07 bits per heavy atom. The van der Waals surface area contributed by atoms with Gasteiger partial charge in [0.25, 0.3) is 5.91 Å². The topological polar surface area (TPSA) is 38.8 Å². The lowest BCUT2D eigenvalue weighted by molar-refractivity contribution is -0.113. The molecule has 1 heterocycles. The molecule has 0 saturated carbocycles. The summed E-state index contributed by atoms with van der Waals surface area (Å²) in [6.45, 7) is 6.61. The summed E-state index contributed by atoms with van der Waals surface area (Å²) in [6, 6.07) is 14.9. The van der Waals surface area contributed by atoms with Gasteiger partial charge < -0.3 is 9.47 Å². The van der Waals surface area contributed by atoms with Crippen LogP contribution in [0.3, 0.4) is 0 Å². The Labute approximate surface area is 168 Å². The van der Waals surface area contributed by atoms with Crippen molar-refractivity contribution >= 4 is 46.0 Å². The Morgan fingerprint density at radius 3 is 2.33 bits per heavy atom. The second-order valence-electron chi connectivity index (χ2n) is 5.61. The van der Waals surface area contributed by atoms with Crippen LogP contribution in [0.25, 0.3) is 6.08 Å². The Kier molecular flexibility index (Phi) is 6.32. The number of benzene rings is 2. The average Bonchev–Trinajstić information content (AvgIpc) is 2.95. The van der Waals surface area contributed by atoms with E-state index in [-0.39, 0.29) is 5.91 Å². The van der Waals surface area contributed by atoms with E-state index in [1.165, 1.54) is 11.8 Å². The minimum absolute atomic E-state index is 0.124. The van der Waals surface area contributed by atoms with Crippen LogP contribution in [0, 0.1) is 0 Å². The molecule has 6 heteroatoms. The highest BCUT2D eigenvalue weighted by molar-refractivity contribution is 8.27. The number of amides is 1. The van der Waals surface area contributed by atoms with Crippen molar-refractivity contribution in [3.63, 3.8) is 0 Å². The van der Waals surface area contributed by atoms with Crippen LogP contribution >= 0.6 is 24.0 Å². The van der Waals surface area contributed by atoms with Crippen LogP contribution in [0.4, 0.5) is 5.69 Å². The van der Waals surface area contributed by atoms with Gasteiger partial charge in [0, 0.05) is 0 Å². The number of ether oxygens (including phenoxy) is 2. The van der Waals surface area contributed by atoms with E-state index in [4.69, 9.17) is 21.7 Å². The second-order valence-corrected chi connectivity index (χ2v) is 7.29. The molecular formula is C21H19NO3S2. The van der Waals surface area contributed by atoms with E-state index < -0.39 is 0 Å². The van der Waals surface area contributed by atoms with Crippen molar-refractivity contribution < 1.29 is 14.3 Å². The Bertz CT molecular complexity index is 873. The molecule has 27 heavy (non-hydrogen) atoms. The summed E-state index contributed by atoms with van der Waals surface area (Å²) in [6.07, 6.45) is 3.53. The quantitative estimate of drug-likeness (QED) is 0.371. The highest BCUT2D eigenvalue weighted by Gasteiger charge is 2.33. The van der Waals surface area contributed by atoms with Crippen molar-refractivity contribution in [1.29, 1.82) is 0 Å². The van der Waals surface area contributed by atoms with Gasteiger partial charge in [-0.1, -0.05) is 48.8 Å². The lowest BCUT2D eigenvalue weighted by Crippen LogP contribution is -2.27. The minimum Gasteiger partial charge on any atom is -0.494 e. The average molecular weight is 398 g/mol. The van der Waals surface area contributed by atoms with E-state index in [0.717, 1.165) is 22.7 Å². The van der Waals surface area contributed by atoms with Crippen LogP contribution in [0.15, 0.2) is 66.1 Å². The fraction of sp³-hybridized carbons (Fsp3) is 0.143. The lowest BCUT2D eigenvalue weighted by atomic mass is 10.2. The first-order valence-electron chi connectivity index (χ1n) is 8.47. The summed E-state index contributed by atoms with van der Waals surface area (Å²) in [5, 5.41) is 0. The highest BCUT2D eigenvalue weighted by Crippen LogP contribution is 2.36. The molecule has 1 saturated heterocycles. The number of hydrogen-bond acceptors (Lipinski definition) is 5. The molecule has 138 valence electrons. The maximum absolute atomic E-state index is 12.8. The van der Waals surface area contributed by atoms with Gasteiger partial charge in [0.15, 0.2) is 4.32 Å². The molecule has 4 nitrogen and oxygen atoms in total. The molecular weight excluding hydrogens is 378 g/mol. The summed E-state index contributed by atoms with van der Waals surface area (Å²) in [4.78, 5) is 15.0. The number of hydrogen-bond donors (Lipinski definition) is 0. The van der Waals surface area contributed by atoms with Crippen LogP contribution < -0.4 is 14.4 Å². The first kappa shape index (κ1) is 19.2. The number of thioether (sulfide) groups is 1. The van der Waals surface area contributed by atoms with Gasteiger partial charge in [0.1, 0.15) is 18.1 Å². The first-order valence-corrected chi connectivity index (χ1v) is 9.69. The molecule has 0 radical (unpaired) electrons. The van der Waals surface area contributed by atoms with E-state index in [9.17, 15) is 4.79 Å². The monoisotopic (exact) mass is 397 g/mol. The molecule has 2 aromatic rings. The number of thiocarbonyl (C=S) groups is 1. The zero-order chi connectivity index (χ0) is 19.2. The van der Waals surface area contributed by atoms with Crippen LogP contribution in [0.2, 0.25) is 0 Å². The van der Waals surface area contributed by atoms with Crippen molar-refractivity contribution in [2.45, 2.75) is 6.92 Å².